The molecule has 1 saturated carbocycles. The van der Waals surface area contributed by atoms with Crippen molar-refractivity contribution in [2.24, 2.45) is 11.8 Å². The van der Waals surface area contributed by atoms with Crippen molar-refractivity contribution in [1.29, 1.82) is 0 Å². The van der Waals surface area contributed by atoms with Crippen LogP contribution in [-0.4, -0.2) is 23.9 Å². The van der Waals surface area contributed by atoms with Gasteiger partial charge in [0.1, 0.15) is 0 Å². The van der Waals surface area contributed by atoms with Gasteiger partial charge in [-0.15, -0.1) is 12.4 Å². The number of carbonyl (C=O) groups excluding carboxylic acids is 1. The average Bonchev–Trinajstić information content (AvgIpc) is 2.81. The Balaban J connectivity index is 0.00000147. The molecule has 0 spiro atoms. The molecule has 0 aromatic heterocycles. The maximum atomic E-state index is 12.6. The first kappa shape index (κ1) is 15.6. The average molecular weight is 360 g/mol. The van der Waals surface area contributed by atoms with E-state index in [-0.39, 0.29) is 18.3 Å². The Bertz CT molecular complexity index is 495. The number of rotatable bonds is 1. The zero-order valence-electron chi connectivity index (χ0n) is 11.3. The first-order chi connectivity index (χ1) is 9.15. The molecule has 1 aliphatic heterocycles. The molecule has 1 heterocycles. The molecule has 0 bridgehead atoms. The summed E-state index contributed by atoms with van der Waals surface area (Å²) in [6.45, 7) is 1.83. The number of amides is 1. The Morgan fingerprint density at radius 3 is 2.35 bits per heavy atom. The Morgan fingerprint density at radius 1 is 1.20 bits per heavy atom. The number of halogens is 2. The van der Waals surface area contributed by atoms with E-state index in [1.165, 1.54) is 25.7 Å². The molecule has 2 aliphatic rings. The highest BCUT2D eigenvalue weighted by molar-refractivity contribution is 9.10. The van der Waals surface area contributed by atoms with Gasteiger partial charge in [0.05, 0.1) is 5.56 Å². The lowest BCUT2D eigenvalue weighted by Crippen LogP contribution is -2.29. The topological polar surface area (TPSA) is 46.3 Å². The number of fused-ring (bicyclic) bond motifs is 1. The van der Waals surface area contributed by atoms with Crippen molar-refractivity contribution in [2.45, 2.75) is 25.7 Å². The van der Waals surface area contributed by atoms with Gasteiger partial charge in [0.2, 0.25) is 0 Å². The summed E-state index contributed by atoms with van der Waals surface area (Å²) in [6.07, 6.45) is 5.21. The monoisotopic (exact) mass is 358 g/mol. The smallest absolute Gasteiger partial charge is 0.255 e. The molecule has 3 rings (SSSR count). The van der Waals surface area contributed by atoms with E-state index >= 15 is 0 Å². The van der Waals surface area contributed by atoms with Gasteiger partial charge < -0.3 is 10.6 Å². The lowest BCUT2D eigenvalue weighted by Gasteiger charge is -2.22. The van der Waals surface area contributed by atoms with Crippen LogP contribution < -0.4 is 5.73 Å². The molecule has 2 N–H and O–H groups in total. The SMILES string of the molecule is Cl.Nc1cc(Br)ccc1C(=O)N1CC2CCCCC2C1. The molecular weight excluding hydrogens is 340 g/mol. The molecule has 1 aliphatic carbocycles. The maximum absolute atomic E-state index is 12.6. The van der Waals surface area contributed by atoms with Crippen LogP contribution in [0, 0.1) is 11.8 Å². The van der Waals surface area contributed by atoms with Gasteiger partial charge >= 0.3 is 0 Å². The van der Waals surface area contributed by atoms with Crippen LogP contribution in [0.25, 0.3) is 0 Å². The summed E-state index contributed by atoms with van der Waals surface area (Å²) in [4.78, 5) is 14.6. The van der Waals surface area contributed by atoms with Crippen LogP contribution in [-0.2, 0) is 0 Å². The minimum Gasteiger partial charge on any atom is -0.398 e. The molecule has 0 radical (unpaired) electrons. The zero-order valence-corrected chi connectivity index (χ0v) is 13.8. The van der Waals surface area contributed by atoms with Gasteiger partial charge in [0.15, 0.2) is 0 Å². The van der Waals surface area contributed by atoms with Crippen LogP contribution in [0.15, 0.2) is 22.7 Å². The summed E-state index contributed by atoms with van der Waals surface area (Å²) in [5.41, 5.74) is 7.16. The highest BCUT2D eigenvalue weighted by Crippen LogP contribution is 2.36. The van der Waals surface area contributed by atoms with Crippen molar-refractivity contribution in [3.8, 4) is 0 Å². The summed E-state index contributed by atoms with van der Waals surface area (Å²) in [5, 5.41) is 0. The molecule has 2 fully saturated rings. The number of benzene rings is 1. The molecule has 2 atom stereocenters. The van der Waals surface area contributed by atoms with E-state index < -0.39 is 0 Å². The van der Waals surface area contributed by atoms with Gasteiger partial charge in [-0.05, 0) is 42.9 Å². The van der Waals surface area contributed by atoms with Gasteiger partial charge in [0, 0.05) is 23.2 Å². The van der Waals surface area contributed by atoms with E-state index in [1.54, 1.807) is 6.07 Å². The van der Waals surface area contributed by atoms with E-state index in [0.29, 0.717) is 11.3 Å². The summed E-state index contributed by atoms with van der Waals surface area (Å²) >= 11 is 3.37. The van der Waals surface area contributed by atoms with Crippen LogP contribution in [0.2, 0.25) is 0 Å². The van der Waals surface area contributed by atoms with Crippen LogP contribution in [0.1, 0.15) is 36.0 Å². The number of anilines is 1. The number of nitrogen functional groups attached to an aromatic ring is 1. The number of hydrogen-bond acceptors (Lipinski definition) is 2. The van der Waals surface area contributed by atoms with Crippen molar-refractivity contribution in [1.82, 2.24) is 4.90 Å². The van der Waals surface area contributed by atoms with Crippen molar-refractivity contribution in [3.05, 3.63) is 28.2 Å². The molecule has 1 aromatic rings. The van der Waals surface area contributed by atoms with Crippen LogP contribution in [0.3, 0.4) is 0 Å². The third-order valence-corrected chi connectivity index (χ3v) is 5.00. The van der Waals surface area contributed by atoms with Crippen LogP contribution in [0.5, 0.6) is 0 Å². The predicted octanol–water partition coefficient (Wildman–Crippen LogP) is 3.72. The minimum atomic E-state index is 0. The Hall–Kier alpha value is -0.740. The van der Waals surface area contributed by atoms with E-state index in [4.69, 9.17) is 5.73 Å². The number of likely N-dealkylation sites (tertiary alicyclic amines) is 1. The first-order valence-electron chi connectivity index (χ1n) is 6.99. The molecule has 20 heavy (non-hydrogen) atoms. The Kier molecular flexibility index (Phi) is 4.97. The minimum absolute atomic E-state index is 0. The zero-order chi connectivity index (χ0) is 13.4. The van der Waals surface area contributed by atoms with Crippen molar-refractivity contribution < 1.29 is 4.79 Å². The summed E-state index contributed by atoms with van der Waals surface area (Å²) in [7, 11) is 0. The van der Waals surface area contributed by atoms with Crippen LogP contribution >= 0.6 is 28.3 Å². The maximum Gasteiger partial charge on any atom is 0.255 e. The number of nitrogens with zero attached hydrogens (tertiary/aromatic N) is 1. The normalized spacial score (nSPS) is 24.9. The number of hydrogen-bond donors (Lipinski definition) is 1. The van der Waals surface area contributed by atoms with Crippen LogP contribution in [0.4, 0.5) is 5.69 Å². The molecule has 3 nitrogen and oxygen atoms in total. The lowest BCUT2D eigenvalue weighted by molar-refractivity contribution is 0.0785. The fourth-order valence-corrected chi connectivity index (χ4v) is 3.85. The third kappa shape index (κ3) is 2.96. The second-order valence-corrected chi connectivity index (χ2v) is 6.66. The predicted molar refractivity (Wildman–Crippen MR) is 87.2 cm³/mol. The largest absolute Gasteiger partial charge is 0.398 e. The second kappa shape index (κ2) is 6.35. The highest BCUT2D eigenvalue weighted by atomic mass is 79.9. The van der Waals surface area contributed by atoms with Gasteiger partial charge in [-0.1, -0.05) is 28.8 Å². The molecule has 1 saturated heterocycles. The fourth-order valence-electron chi connectivity index (χ4n) is 3.47. The summed E-state index contributed by atoms with van der Waals surface area (Å²) in [6, 6.07) is 5.51. The van der Waals surface area contributed by atoms with Gasteiger partial charge in [0.25, 0.3) is 5.91 Å². The molecular formula is C15H20BrClN2O. The number of carbonyl (C=O) groups is 1. The Labute approximate surface area is 134 Å². The quantitative estimate of drug-likeness (QED) is 0.777. The molecule has 2 unspecified atom stereocenters. The molecule has 1 amide bonds. The fraction of sp³-hybridized carbons (Fsp3) is 0.533. The summed E-state index contributed by atoms with van der Waals surface area (Å²) in [5.74, 6) is 1.53. The van der Waals surface area contributed by atoms with Gasteiger partial charge in [-0.3, -0.25) is 4.79 Å². The number of nitrogens with two attached hydrogens (primary N) is 1. The van der Waals surface area contributed by atoms with Crippen molar-refractivity contribution in [3.63, 3.8) is 0 Å². The van der Waals surface area contributed by atoms with E-state index in [0.717, 1.165) is 29.4 Å². The molecule has 5 heteroatoms. The van der Waals surface area contributed by atoms with E-state index in [2.05, 4.69) is 15.9 Å². The first-order valence-corrected chi connectivity index (χ1v) is 7.79. The van der Waals surface area contributed by atoms with Crippen molar-refractivity contribution in [2.75, 3.05) is 18.8 Å². The van der Waals surface area contributed by atoms with Gasteiger partial charge in [-0.25, -0.2) is 0 Å². The van der Waals surface area contributed by atoms with E-state index in [9.17, 15) is 4.79 Å². The molecule has 110 valence electrons. The third-order valence-electron chi connectivity index (χ3n) is 4.51. The summed E-state index contributed by atoms with van der Waals surface area (Å²) < 4.78 is 0.914. The van der Waals surface area contributed by atoms with Crippen molar-refractivity contribution >= 4 is 39.9 Å². The highest BCUT2D eigenvalue weighted by Gasteiger charge is 2.36. The van der Waals surface area contributed by atoms with Gasteiger partial charge in [-0.2, -0.15) is 0 Å². The second-order valence-electron chi connectivity index (χ2n) is 5.75. The lowest BCUT2D eigenvalue weighted by atomic mass is 9.82. The molecule has 1 aromatic carbocycles. The standard InChI is InChI=1S/C15H19BrN2O.ClH/c16-12-5-6-13(14(17)7-12)15(19)18-8-10-3-1-2-4-11(10)9-18;/h5-7,10-11H,1-4,8-9,17H2;1H. The Morgan fingerprint density at radius 2 is 1.80 bits per heavy atom. The van der Waals surface area contributed by atoms with E-state index in [1.807, 2.05) is 17.0 Å².